The van der Waals surface area contributed by atoms with Crippen molar-refractivity contribution in [3.05, 3.63) is 60.2 Å². The van der Waals surface area contributed by atoms with Crippen LogP contribution in [0.5, 0.6) is 17.2 Å². The second kappa shape index (κ2) is 9.13. The summed E-state index contributed by atoms with van der Waals surface area (Å²) in [6.07, 6.45) is 0. The van der Waals surface area contributed by atoms with Crippen LogP contribution in [0.25, 0.3) is 0 Å². The molecule has 0 atom stereocenters. The monoisotopic (exact) mass is 390 g/mol. The average molecular weight is 390 g/mol. The van der Waals surface area contributed by atoms with Gasteiger partial charge in [-0.25, -0.2) is 9.07 Å². The zero-order valence-electron chi connectivity index (χ0n) is 14.7. The molecule has 0 spiro atoms. The first kappa shape index (κ1) is 18.8. The molecule has 0 unspecified atom stereocenters. The molecule has 142 valence electrons. The van der Waals surface area contributed by atoms with Crippen molar-refractivity contribution in [2.45, 2.75) is 11.8 Å². The number of methoxy groups -OCH3 is 1. The van der Waals surface area contributed by atoms with Gasteiger partial charge < -0.3 is 20.1 Å². The van der Waals surface area contributed by atoms with E-state index in [1.165, 1.54) is 28.6 Å². The lowest BCUT2D eigenvalue weighted by atomic mass is 10.3. The maximum absolute atomic E-state index is 13.1. The molecule has 0 saturated heterocycles. The summed E-state index contributed by atoms with van der Waals surface area (Å²) >= 11 is 1.39. The van der Waals surface area contributed by atoms with E-state index in [9.17, 15) is 4.39 Å². The molecule has 3 rings (SSSR count). The van der Waals surface area contributed by atoms with Gasteiger partial charge in [0.2, 0.25) is 5.16 Å². The minimum atomic E-state index is -0.331. The van der Waals surface area contributed by atoms with Crippen LogP contribution >= 0.6 is 11.8 Å². The largest absolute Gasteiger partial charge is 0.497 e. The number of rotatable bonds is 9. The number of nitrogens with two attached hydrogens (primary N) is 1. The van der Waals surface area contributed by atoms with E-state index in [0.717, 1.165) is 0 Å². The summed E-state index contributed by atoms with van der Waals surface area (Å²) in [6, 6.07) is 13.3. The third-order valence-electron chi connectivity index (χ3n) is 3.52. The quantitative estimate of drug-likeness (QED) is 0.342. The van der Waals surface area contributed by atoms with Gasteiger partial charge in [0.1, 0.15) is 29.7 Å². The number of nitrogen functional groups attached to an aromatic ring is 1. The summed E-state index contributed by atoms with van der Waals surface area (Å²) in [7, 11) is 1.59. The van der Waals surface area contributed by atoms with Crippen molar-refractivity contribution in [1.82, 2.24) is 14.9 Å². The standard InChI is InChI=1S/C18H19FN4O3S/c1-24-14-5-3-7-16(11-14)26-12-17-21-22-18(23(17)20)27-9-8-25-15-6-2-4-13(19)10-15/h2-7,10-11H,8-9,12,20H2,1H3. The Hall–Kier alpha value is -2.94. The molecule has 0 amide bonds. The van der Waals surface area contributed by atoms with Crippen LogP contribution < -0.4 is 20.1 Å². The van der Waals surface area contributed by atoms with Gasteiger partial charge in [-0.2, -0.15) is 0 Å². The van der Waals surface area contributed by atoms with Crippen molar-refractivity contribution in [3.8, 4) is 17.2 Å². The van der Waals surface area contributed by atoms with Gasteiger partial charge in [0, 0.05) is 17.9 Å². The first-order chi connectivity index (χ1) is 13.2. The number of halogens is 1. The second-order valence-electron chi connectivity index (χ2n) is 5.39. The van der Waals surface area contributed by atoms with Crippen molar-refractivity contribution in [1.29, 1.82) is 0 Å². The molecule has 2 aromatic carbocycles. The van der Waals surface area contributed by atoms with E-state index in [-0.39, 0.29) is 12.4 Å². The van der Waals surface area contributed by atoms with E-state index in [4.69, 9.17) is 20.1 Å². The highest BCUT2D eigenvalue weighted by Crippen LogP contribution is 2.21. The van der Waals surface area contributed by atoms with Crippen molar-refractivity contribution in [2.24, 2.45) is 0 Å². The summed E-state index contributed by atoms with van der Waals surface area (Å²) in [5, 5.41) is 8.64. The molecular formula is C18H19FN4O3S. The van der Waals surface area contributed by atoms with Gasteiger partial charge in [-0.15, -0.1) is 10.2 Å². The highest BCUT2D eigenvalue weighted by Gasteiger charge is 2.11. The normalized spacial score (nSPS) is 10.6. The van der Waals surface area contributed by atoms with Gasteiger partial charge in [0.05, 0.1) is 13.7 Å². The van der Waals surface area contributed by atoms with E-state index in [2.05, 4.69) is 10.2 Å². The number of benzene rings is 2. The van der Waals surface area contributed by atoms with Crippen LogP contribution in [-0.4, -0.2) is 34.3 Å². The van der Waals surface area contributed by atoms with Gasteiger partial charge in [0.25, 0.3) is 0 Å². The van der Waals surface area contributed by atoms with Gasteiger partial charge in [-0.05, 0) is 24.3 Å². The summed E-state index contributed by atoms with van der Waals surface area (Å²) in [4.78, 5) is 0. The van der Waals surface area contributed by atoms with Crippen LogP contribution in [0.3, 0.4) is 0 Å². The molecule has 0 saturated carbocycles. The Kier molecular flexibility index (Phi) is 6.37. The fourth-order valence-corrected chi connectivity index (χ4v) is 2.88. The first-order valence-corrected chi connectivity index (χ1v) is 9.11. The molecule has 7 nitrogen and oxygen atoms in total. The van der Waals surface area contributed by atoms with E-state index < -0.39 is 0 Å². The van der Waals surface area contributed by atoms with Gasteiger partial charge in [0.15, 0.2) is 5.82 Å². The Balaban J connectivity index is 1.48. The molecule has 3 aromatic rings. The van der Waals surface area contributed by atoms with Gasteiger partial charge >= 0.3 is 0 Å². The number of nitrogens with zero attached hydrogens (tertiary/aromatic N) is 3. The number of ether oxygens (including phenoxy) is 3. The van der Waals surface area contributed by atoms with E-state index in [1.807, 2.05) is 18.2 Å². The van der Waals surface area contributed by atoms with E-state index in [1.54, 1.807) is 25.3 Å². The second-order valence-corrected chi connectivity index (χ2v) is 6.45. The molecular weight excluding hydrogens is 371 g/mol. The molecule has 9 heteroatoms. The summed E-state index contributed by atoms with van der Waals surface area (Å²) in [5.41, 5.74) is 0. The van der Waals surface area contributed by atoms with Gasteiger partial charge in [-0.1, -0.05) is 23.9 Å². The predicted octanol–water partition coefficient (Wildman–Crippen LogP) is 2.89. The van der Waals surface area contributed by atoms with Gasteiger partial charge in [-0.3, -0.25) is 0 Å². The topological polar surface area (TPSA) is 84.4 Å². The lowest BCUT2D eigenvalue weighted by Gasteiger charge is -2.08. The SMILES string of the molecule is COc1cccc(OCc2nnc(SCCOc3cccc(F)c3)n2N)c1. The first-order valence-electron chi connectivity index (χ1n) is 8.13. The zero-order valence-corrected chi connectivity index (χ0v) is 15.5. The molecule has 0 aliphatic carbocycles. The molecule has 2 N–H and O–H groups in total. The minimum absolute atomic E-state index is 0.178. The van der Waals surface area contributed by atoms with Crippen molar-refractivity contribution >= 4 is 11.8 Å². The fraction of sp³-hybridized carbons (Fsp3) is 0.222. The molecule has 1 heterocycles. The molecule has 0 aliphatic heterocycles. The van der Waals surface area contributed by atoms with Crippen LogP contribution in [-0.2, 0) is 6.61 Å². The lowest BCUT2D eigenvalue weighted by Crippen LogP contribution is -2.16. The lowest BCUT2D eigenvalue weighted by molar-refractivity contribution is 0.289. The van der Waals surface area contributed by atoms with Crippen LogP contribution in [0.15, 0.2) is 53.7 Å². The minimum Gasteiger partial charge on any atom is -0.497 e. The molecule has 0 bridgehead atoms. The molecule has 0 fully saturated rings. The third kappa shape index (κ3) is 5.27. The number of thioether (sulfide) groups is 1. The maximum Gasteiger partial charge on any atom is 0.210 e. The van der Waals surface area contributed by atoms with E-state index >= 15 is 0 Å². The fourth-order valence-electron chi connectivity index (χ4n) is 2.19. The Morgan fingerprint density at radius 1 is 1.04 bits per heavy atom. The Bertz CT molecular complexity index is 891. The van der Waals surface area contributed by atoms with Crippen LogP contribution in [0.1, 0.15) is 5.82 Å². The Labute approximate surface area is 160 Å². The van der Waals surface area contributed by atoms with Crippen molar-refractivity contribution < 1.29 is 18.6 Å². The zero-order chi connectivity index (χ0) is 19.1. The predicted molar refractivity (Wildman–Crippen MR) is 100 cm³/mol. The summed E-state index contributed by atoms with van der Waals surface area (Å²) in [6.45, 7) is 0.563. The molecule has 0 radical (unpaired) electrons. The average Bonchev–Trinajstić information content (AvgIpc) is 3.03. The van der Waals surface area contributed by atoms with Crippen molar-refractivity contribution in [2.75, 3.05) is 25.3 Å². The van der Waals surface area contributed by atoms with Crippen LogP contribution in [0, 0.1) is 5.82 Å². The van der Waals surface area contributed by atoms with E-state index in [0.29, 0.717) is 40.6 Å². The highest BCUT2D eigenvalue weighted by molar-refractivity contribution is 7.99. The number of hydrogen-bond donors (Lipinski definition) is 1. The molecule has 27 heavy (non-hydrogen) atoms. The Morgan fingerprint density at radius 2 is 1.78 bits per heavy atom. The highest BCUT2D eigenvalue weighted by atomic mass is 32.2. The smallest absolute Gasteiger partial charge is 0.210 e. The third-order valence-corrected chi connectivity index (χ3v) is 4.43. The summed E-state index contributed by atoms with van der Waals surface area (Å²) < 4.78 is 30.8. The number of hydrogen-bond acceptors (Lipinski definition) is 7. The Morgan fingerprint density at radius 3 is 2.56 bits per heavy atom. The maximum atomic E-state index is 13.1. The molecule has 1 aromatic heterocycles. The van der Waals surface area contributed by atoms with Crippen molar-refractivity contribution in [3.63, 3.8) is 0 Å². The molecule has 0 aliphatic rings. The van der Waals surface area contributed by atoms with Crippen LogP contribution in [0.2, 0.25) is 0 Å². The number of aromatic nitrogens is 3. The van der Waals surface area contributed by atoms with Crippen LogP contribution in [0.4, 0.5) is 4.39 Å². The summed E-state index contributed by atoms with van der Waals surface area (Å²) in [5.74, 6) is 8.60.